The summed E-state index contributed by atoms with van der Waals surface area (Å²) in [6, 6.07) is 1.61. The molecule has 0 amide bonds. The Kier molecular flexibility index (Phi) is 1.89. The third-order valence-corrected chi connectivity index (χ3v) is 3.11. The Labute approximate surface area is 83.2 Å². The summed E-state index contributed by atoms with van der Waals surface area (Å²) in [7, 11) is 0. The van der Waals surface area contributed by atoms with Gasteiger partial charge in [0.25, 0.3) is 0 Å². The van der Waals surface area contributed by atoms with Crippen LogP contribution in [0.4, 0.5) is 0 Å². The minimum atomic E-state index is -0.982. The van der Waals surface area contributed by atoms with Crippen LogP contribution in [-0.2, 0) is 0 Å². The number of carboxylic acid groups (broad SMARTS) is 1. The van der Waals surface area contributed by atoms with Gasteiger partial charge in [-0.15, -0.1) is 11.3 Å². The number of aromatic amines is 1. The molecule has 0 saturated carbocycles. The first kappa shape index (κ1) is 8.96. The van der Waals surface area contributed by atoms with Crippen molar-refractivity contribution in [2.24, 2.45) is 0 Å². The van der Waals surface area contributed by atoms with Crippen molar-refractivity contribution in [3.05, 3.63) is 22.7 Å². The van der Waals surface area contributed by atoms with E-state index in [1.54, 1.807) is 6.07 Å². The second kappa shape index (κ2) is 2.95. The fourth-order valence-corrected chi connectivity index (χ4v) is 2.20. The van der Waals surface area contributed by atoms with E-state index in [1.807, 2.05) is 0 Å². The van der Waals surface area contributed by atoms with Gasteiger partial charge in [-0.1, -0.05) is 0 Å². The molecule has 2 aromatic heterocycles. The fraction of sp³-hybridized carbons (Fsp3) is 0.111. The molecule has 0 aromatic carbocycles. The van der Waals surface area contributed by atoms with E-state index in [1.165, 1.54) is 24.5 Å². The van der Waals surface area contributed by atoms with Crippen LogP contribution in [0.1, 0.15) is 27.0 Å². The molecular formula is C9H7NO3S. The molecule has 0 spiro atoms. The highest BCUT2D eigenvalue weighted by atomic mass is 32.1. The maximum Gasteiger partial charge on any atom is 0.337 e. The monoisotopic (exact) mass is 209 g/mol. The normalized spacial score (nSPS) is 10.6. The first-order valence-electron chi connectivity index (χ1n) is 3.94. The number of aromatic carboxylic acids is 1. The predicted octanol–water partition coefficient (Wildman–Crippen LogP) is 2.13. The van der Waals surface area contributed by atoms with Gasteiger partial charge in [0.15, 0.2) is 5.78 Å². The number of H-pyrrole nitrogens is 1. The molecule has 2 rings (SSSR count). The lowest BCUT2D eigenvalue weighted by Gasteiger charge is -1.85. The average Bonchev–Trinajstić information content (AvgIpc) is 2.58. The van der Waals surface area contributed by atoms with Crippen molar-refractivity contribution in [2.45, 2.75) is 6.92 Å². The zero-order valence-electron chi connectivity index (χ0n) is 7.33. The molecule has 0 bridgehead atoms. The lowest BCUT2D eigenvalue weighted by atomic mass is 10.2. The van der Waals surface area contributed by atoms with Gasteiger partial charge in [0.2, 0.25) is 0 Å². The Bertz CT molecular complexity index is 523. The number of ketones is 1. The van der Waals surface area contributed by atoms with Crippen LogP contribution >= 0.6 is 11.3 Å². The van der Waals surface area contributed by atoms with E-state index >= 15 is 0 Å². The Morgan fingerprint density at radius 2 is 2.21 bits per heavy atom. The SMILES string of the molecule is CC(=O)c1cc2c(C(=O)O)c[nH]c2s1. The summed E-state index contributed by atoms with van der Waals surface area (Å²) in [5, 5.41) is 9.42. The van der Waals surface area contributed by atoms with Crippen molar-refractivity contribution in [3.8, 4) is 0 Å². The highest BCUT2D eigenvalue weighted by Crippen LogP contribution is 2.27. The molecule has 0 saturated heterocycles. The number of Topliss-reactive ketones (excluding diaryl/α,β-unsaturated/α-hetero) is 1. The van der Waals surface area contributed by atoms with Gasteiger partial charge in [0.05, 0.1) is 10.4 Å². The number of nitrogens with one attached hydrogen (secondary N) is 1. The number of hydrogen-bond donors (Lipinski definition) is 2. The van der Waals surface area contributed by atoms with E-state index in [9.17, 15) is 9.59 Å². The maximum absolute atomic E-state index is 11.0. The van der Waals surface area contributed by atoms with Crippen LogP contribution < -0.4 is 0 Å². The third kappa shape index (κ3) is 1.22. The van der Waals surface area contributed by atoms with Crippen molar-refractivity contribution in [3.63, 3.8) is 0 Å². The van der Waals surface area contributed by atoms with Crippen LogP contribution in [0.2, 0.25) is 0 Å². The smallest absolute Gasteiger partial charge is 0.337 e. The lowest BCUT2D eigenvalue weighted by Crippen LogP contribution is -1.93. The van der Waals surface area contributed by atoms with Crippen LogP contribution in [0.25, 0.3) is 10.2 Å². The Hall–Kier alpha value is -1.62. The predicted molar refractivity (Wildman–Crippen MR) is 53.1 cm³/mol. The molecule has 0 aliphatic rings. The number of rotatable bonds is 2. The number of aromatic nitrogens is 1. The molecule has 2 N–H and O–H groups in total. The molecule has 72 valence electrons. The zero-order valence-corrected chi connectivity index (χ0v) is 8.14. The minimum absolute atomic E-state index is 0.0454. The van der Waals surface area contributed by atoms with E-state index in [2.05, 4.69) is 4.98 Å². The highest BCUT2D eigenvalue weighted by Gasteiger charge is 2.14. The summed E-state index contributed by atoms with van der Waals surface area (Å²) in [5.74, 6) is -1.03. The van der Waals surface area contributed by atoms with E-state index in [4.69, 9.17) is 5.11 Å². The van der Waals surface area contributed by atoms with Crippen molar-refractivity contribution in [1.82, 2.24) is 4.98 Å². The summed E-state index contributed by atoms with van der Waals surface area (Å²) in [5.41, 5.74) is 0.212. The topological polar surface area (TPSA) is 70.2 Å². The van der Waals surface area contributed by atoms with Gasteiger partial charge in [0, 0.05) is 11.6 Å². The molecule has 0 fully saturated rings. The summed E-state index contributed by atoms with van der Waals surface area (Å²) < 4.78 is 0. The van der Waals surface area contributed by atoms with Gasteiger partial charge in [-0.25, -0.2) is 4.79 Å². The Morgan fingerprint density at radius 1 is 1.50 bits per heavy atom. The van der Waals surface area contributed by atoms with Crippen LogP contribution in [-0.4, -0.2) is 21.8 Å². The minimum Gasteiger partial charge on any atom is -0.478 e. The quantitative estimate of drug-likeness (QED) is 0.744. The van der Waals surface area contributed by atoms with Gasteiger partial charge >= 0.3 is 5.97 Å². The summed E-state index contributed by atoms with van der Waals surface area (Å²) >= 11 is 1.28. The van der Waals surface area contributed by atoms with E-state index in [-0.39, 0.29) is 11.3 Å². The summed E-state index contributed by atoms with van der Waals surface area (Å²) in [4.78, 5) is 25.9. The number of thiophene rings is 1. The maximum atomic E-state index is 11.0. The lowest BCUT2D eigenvalue weighted by molar-refractivity contribution is 0.0698. The number of carboxylic acids is 1. The molecule has 4 nitrogen and oxygen atoms in total. The largest absolute Gasteiger partial charge is 0.478 e. The van der Waals surface area contributed by atoms with Crippen LogP contribution in [0, 0.1) is 0 Å². The molecular weight excluding hydrogens is 202 g/mol. The van der Waals surface area contributed by atoms with Crippen LogP contribution in [0.3, 0.4) is 0 Å². The van der Waals surface area contributed by atoms with Crippen molar-refractivity contribution >= 4 is 33.3 Å². The molecule has 0 aliphatic carbocycles. The van der Waals surface area contributed by atoms with E-state index in [0.717, 1.165) is 4.83 Å². The average molecular weight is 209 g/mol. The van der Waals surface area contributed by atoms with Gasteiger partial charge in [-0.2, -0.15) is 0 Å². The standard InChI is InChI=1S/C9H7NO3S/c1-4(11)7-2-5-6(9(12)13)3-10-8(5)14-7/h2-3,10H,1H3,(H,12,13). The second-order valence-corrected chi connectivity index (χ2v) is 3.97. The van der Waals surface area contributed by atoms with Gasteiger partial charge in [-0.05, 0) is 13.0 Å². The Morgan fingerprint density at radius 3 is 2.79 bits per heavy atom. The van der Waals surface area contributed by atoms with Gasteiger partial charge in [0.1, 0.15) is 4.83 Å². The molecule has 0 atom stereocenters. The van der Waals surface area contributed by atoms with Gasteiger partial charge in [-0.3, -0.25) is 4.79 Å². The fourth-order valence-electron chi connectivity index (χ4n) is 1.26. The first-order valence-corrected chi connectivity index (χ1v) is 4.76. The molecule has 2 heterocycles. The first-order chi connectivity index (χ1) is 6.59. The summed E-state index contributed by atoms with van der Waals surface area (Å²) in [6.07, 6.45) is 1.44. The second-order valence-electron chi connectivity index (χ2n) is 2.92. The third-order valence-electron chi connectivity index (χ3n) is 1.95. The molecule has 0 radical (unpaired) electrons. The van der Waals surface area contributed by atoms with E-state index in [0.29, 0.717) is 10.3 Å². The van der Waals surface area contributed by atoms with E-state index < -0.39 is 5.97 Å². The van der Waals surface area contributed by atoms with Crippen LogP contribution in [0.5, 0.6) is 0 Å². The molecule has 0 aliphatic heterocycles. The summed E-state index contributed by atoms with van der Waals surface area (Å²) in [6.45, 7) is 1.46. The van der Waals surface area contributed by atoms with Crippen LogP contribution in [0.15, 0.2) is 12.3 Å². The number of fused-ring (bicyclic) bond motifs is 1. The Balaban J connectivity index is 2.67. The van der Waals surface area contributed by atoms with Crippen molar-refractivity contribution < 1.29 is 14.7 Å². The number of hydrogen-bond acceptors (Lipinski definition) is 3. The molecule has 5 heteroatoms. The molecule has 14 heavy (non-hydrogen) atoms. The highest BCUT2D eigenvalue weighted by molar-refractivity contribution is 7.20. The van der Waals surface area contributed by atoms with Crippen molar-refractivity contribution in [2.75, 3.05) is 0 Å². The zero-order chi connectivity index (χ0) is 10.3. The molecule has 2 aromatic rings. The van der Waals surface area contributed by atoms with Crippen molar-refractivity contribution in [1.29, 1.82) is 0 Å². The number of carbonyl (C=O) groups excluding carboxylic acids is 1. The van der Waals surface area contributed by atoms with Gasteiger partial charge < -0.3 is 10.1 Å². The number of carbonyl (C=O) groups is 2. The molecule has 0 unspecified atom stereocenters.